The van der Waals surface area contributed by atoms with Gasteiger partial charge in [-0.25, -0.2) is 13.8 Å². The van der Waals surface area contributed by atoms with Gasteiger partial charge >= 0.3 is 0 Å². The number of carbonyl (C=O) groups excluding carboxylic acids is 1. The zero-order valence-corrected chi connectivity index (χ0v) is 11.4. The Labute approximate surface area is 118 Å². The second kappa shape index (κ2) is 5.28. The van der Waals surface area contributed by atoms with Crippen molar-refractivity contribution < 1.29 is 13.6 Å². The van der Waals surface area contributed by atoms with Crippen LogP contribution in [0.5, 0.6) is 0 Å². The lowest BCUT2D eigenvalue weighted by atomic mass is 10.2. The molecule has 6 heteroatoms. The van der Waals surface area contributed by atoms with Crippen LogP contribution < -0.4 is 0 Å². The fraction of sp³-hybridized carbons (Fsp3) is 0.286. The van der Waals surface area contributed by atoms with Gasteiger partial charge in [0, 0.05) is 29.6 Å². The molecule has 0 atom stereocenters. The second-order valence-electron chi connectivity index (χ2n) is 4.77. The van der Waals surface area contributed by atoms with Crippen LogP contribution in [0.15, 0.2) is 29.1 Å². The summed E-state index contributed by atoms with van der Waals surface area (Å²) in [7, 11) is 0. The van der Waals surface area contributed by atoms with Crippen molar-refractivity contribution >= 4 is 17.2 Å². The van der Waals surface area contributed by atoms with Gasteiger partial charge in [0.2, 0.25) is 0 Å². The number of aromatic nitrogens is 1. The van der Waals surface area contributed by atoms with Crippen LogP contribution in [0.2, 0.25) is 0 Å². The first-order valence-corrected chi connectivity index (χ1v) is 7.22. The summed E-state index contributed by atoms with van der Waals surface area (Å²) in [6.45, 7) is 0.146. The minimum atomic E-state index is -0.623. The fourth-order valence-corrected chi connectivity index (χ4v) is 2.58. The van der Waals surface area contributed by atoms with E-state index in [9.17, 15) is 13.6 Å². The minimum absolute atomic E-state index is 0.133. The van der Waals surface area contributed by atoms with Crippen LogP contribution in [0.4, 0.5) is 8.78 Å². The Morgan fingerprint density at radius 1 is 1.40 bits per heavy atom. The third-order valence-electron chi connectivity index (χ3n) is 3.26. The van der Waals surface area contributed by atoms with E-state index in [1.807, 2.05) is 0 Å². The summed E-state index contributed by atoms with van der Waals surface area (Å²) in [6, 6.07) is 3.56. The summed E-state index contributed by atoms with van der Waals surface area (Å²) >= 11 is 1.35. The van der Waals surface area contributed by atoms with E-state index in [-0.39, 0.29) is 18.5 Å². The number of benzene rings is 1. The quantitative estimate of drug-likeness (QED) is 0.867. The number of thiazole rings is 1. The number of hydrogen-bond acceptors (Lipinski definition) is 3. The average Bonchev–Trinajstić information content (AvgIpc) is 3.11. The minimum Gasteiger partial charge on any atom is -0.330 e. The maximum absolute atomic E-state index is 13.7. The first-order chi connectivity index (χ1) is 9.65. The summed E-state index contributed by atoms with van der Waals surface area (Å²) in [5.41, 5.74) is 2.29. The molecule has 1 aromatic carbocycles. The van der Waals surface area contributed by atoms with Crippen LogP contribution >= 0.6 is 11.3 Å². The predicted octanol–water partition coefficient (Wildman–Crippen LogP) is 3.23. The average molecular weight is 294 g/mol. The molecule has 1 aliphatic carbocycles. The third-order valence-corrected chi connectivity index (χ3v) is 3.84. The molecule has 0 spiro atoms. The molecule has 1 amide bonds. The summed E-state index contributed by atoms with van der Waals surface area (Å²) < 4.78 is 26.6. The van der Waals surface area contributed by atoms with Gasteiger partial charge in [-0.2, -0.15) is 0 Å². The van der Waals surface area contributed by atoms with Crippen molar-refractivity contribution in [2.24, 2.45) is 0 Å². The van der Waals surface area contributed by atoms with E-state index in [0.29, 0.717) is 11.3 Å². The molecular weight excluding hydrogens is 282 g/mol. The maximum Gasteiger partial charge on any atom is 0.273 e. The molecule has 0 radical (unpaired) electrons. The van der Waals surface area contributed by atoms with Gasteiger partial charge in [0.25, 0.3) is 5.91 Å². The molecular formula is C14H12F2N2OS. The van der Waals surface area contributed by atoms with Gasteiger partial charge in [-0.1, -0.05) is 6.07 Å². The van der Waals surface area contributed by atoms with Crippen molar-refractivity contribution in [1.29, 1.82) is 0 Å². The van der Waals surface area contributed by atoms with E-state index in [4.69, 9.17) is 0 Å². The monoisotopic (exact) mass is 294 g/mol. The zero-order valence-electron chi connectivity index (χ0n) is 10.6. The van der Waals surface area contributed by atoms with E-state index in [1.165, 1.54) is 23.5 Å². The topological polar surface area (TPSA) is 33.2 Å². The van der Waals surface area contributed by atoms with Crippen LogP contribution in [-0.4, -0.2) is 21.8 Å². The van der Waals surface area contributed by atoms with Gasteiger partial charge in [-0.15, -0.1) is 11.3 Å². The van der Waals surface area contributed by atoms with Crippen LogP contribution in [0.1, 0.15) is 28.9 Å². The molecule has 1 saturated carbocycles. The van der Waals surface area contributed by atoms with Gasteiger partial charge in [-0.3, -0.25) is 4.79 Å². The largest absolute Gasteiger partial charge is 0.330 e. The van der Waals surface area contributed by atoms with Crippen LogP contribution in [0, 0.1) is 11.6 Å². The van der Waals surface area contributed by atoms with Crippen molar-refractivity contribution in [3.63, 3.8) is 0 Å². The molecule has 1 heterocycles. The summed E-state index contributed by atoms with van der Waals surface area (Å²) in [4.78, 5) is 18.0. The van der Waals surface area contributed by atoms with Crippen molar-refractivity contribution in [2.75, 3.05) is 0 Å². The molecule has 3 rings (SSSR count). The summed E-state index contributed by atoms with van der Waals surface area (Å²) in [5, 5.41) is 1.68. The molecule has 3 nitrogen and oxygen atoms in total. The maximum atomic E-state index is 13.7. The third kappa shape index (κ3) is 2.70. The molecule has 2 aromatic rings. The number of amides is 1. The van der Waals surface area contributed by atoms with Crippen molar-refractivity contribution in [3.05, 3.63) is 52.0 Å². The molecule has 0 N–H and O–H groups in total. The predicted molar refractivity (Wildman–Crippen MR) is 71.4 cm³/mol. The summed E-state index contributed by atoms with van der Waals surface area (Å²) in [5.74, 6) is -1.44. The van der Waals surface area contributed by atoms with E-state index in [2.05, 4.69) is 4.98 Å². The molecule has 0 unspecified atom stereocenters. The van der Waals surface area contributed by atoms with Crippen molar-refractivity contribution in [3.8, 4) is 0 Å². The number of halogens is 2. The first kappa shape index (κ1) is 13.2. The molecule has 104 valence electrons. The number of carbonyl (C=O) groups is 1. The Morgan fingerprint density at radius 3 is 2.80 bits per heavy atom. The Bertz CT molecular complexity index is 626. The highest BCUT2D eigenvalue weighted by Gasteiger charge is 2.34. The lowest BCUT2D eigenvalue weighted by Gasteiger charge is -2.21. The SMILES string of the molecule is O=C(c1cscn1)N(Cc1ccc(F)cc1F)C1CC1. The van der Waals surface area contributed by atoms with Crippen molar-refractivity contribution in [1.82, 2.24) is 9.88 Å². The second-order valence-corrected chi connectivity index (χ2v) is 5.49. The highest BCUT2D eigenvalue weighted by Crippen LogP contribution is 2.30. The molecule has 20 heavy (non-hydrogen) atoms. The lowest BCUT2D eigenvalue weighted by Crippen LogP contribution is -2.33. The van der Waals surface area contributed by atoms with Gasteiger partial charge in [0.1, 0.15) is 17.3 Å². The molecule has 0 saturated heterocycles. The molecule has 1 aliphatic rings. The number of rotatable bonds is 4. The molecule has 0 bridgehead atoms. The van der Waals surface area contributed by atoms with Gasteiger partial charge in [0.15, 0.2) is 0 Å². The number of hydrogen-bond donors (Lipinski definition) is 0. The van der Waals surface area contributed by atoms with E-state index >= 15 is 0 Å². The van der Waals surface area contributed by atoms with E-state index in [1.54, 1.807) is 15.8 Å². The van der Waals surface area contributed by atoms with E-state index in [0.717, 1.165) is 18.9 Å². The normalized spacial score (nSPS) is 14.3. The van der Waals surface area contributed by atoms with Gasteiger partial charge in [-0.05, 0) is 18.9 Å². The lowest BCUT2D eigenvalue weighted by molar-refractivity contribution is 0.0723. The Balaban J connectivity index is 1.83. The molecule has 1 fully saturated rings. The van der Waals surface area contributed by atoms with E-state index < -0.39 is 11.6 Å². The standard InChI is InChI=1S/C14H12F2N2OS/c15-10-2-1-9(12(16)5-10)6-18(11-3-4-11)14(19)13-7-20-8-17-13/h1-2,5,7-8,11H,3-4,6H2. The summed E-state index contributed by atoms with van der Waals surface area (Å²) in [6.07, 6.45) is 1.83. The van der Waals surface area contributed by atoms with Crippen LogP contribution in [-0.2, 0) is 6.54 Å². The Morgan fingerprint density at radius 2 is 2.20 bits per heavy atom. The highest BCUT2D eigenvalue weighted by atomic mass is 32.1. The number of nitrogens with zero attached hydrogens (tertiary/aromatic N) is 2. The first-order valence-electron chi connectivity index (χ1n) is 6.28. The van der Waals surface area contributed by atoms with Crippen molar-refractivity contribution in [2.45, 2.75) is 25.4 Å². The van der Waals surface area contributed by atoms with Gasteiger partial charge < -0.3 is 4.90 Å². The Kier molecular flexibility index (Phi) is 3.48. The zero-order chi connectivity index (χ0) is 14.1. The van der Waals surface area contributed by atoms with Gasteiger partial charge in [0.05, 0.1) is 5.51 Å². The van der Waals surface area contributed by atoms with Crippen LogP contribution in [0.3, 0.4) is 0 Å². The fourth-order valence-electron chi connectivity index (χ4n) is 2.05. The Hall–Kier alpha value is -1.82. The van der Waals surface area contributed by atoms with Crippen LogP contribution in [0.25, 0.3) is 0 Å². The molecule has 0 aliphatic heterocycles. The molecule has 1 aromatic heterocycles. The highest BCUT2D eigenvalue weighted by molar-refractivity contribution is 7.07. The smallest absolute Gasteiger partial charge is 0.273 e.